The number of urea groups is 1. The van der Waals surface area contributed by atoms with Crippen molar-refractivity contribution in [2.75, 3.05) is 0 Å². The molecule has 0 saturated heterocycles. The molecule has 6 atom stereocenters. The summed E-state index contributed by atoms with van der Waals surface area (Å²) >= 11 is 0. The quantitative estimate of drug-likeness (QED) is 0.0535. The number of imide groups is 1. The Bertz CT molecular complexity index is 2800. The summed E-state index contributed by atoms with van der Waals surface area (Å²) in [6.45, 7) is 50.4. The van der Waals surface area contributed by atoms with Crippen molar-refractivity contribution in [2.24, 2.45) is 11.8 Å². The van der Waals surface area contributed by atoms with E-state index in [0.717, 1.165) is 35.3 Å². The molecule has 86 heavy (non-hydrogen) atoms. The number of fused-ring (bicyclic) bond motifs is 2. The maximum Gasteiger partial charge on any atom is 0.342 e. The van der Waals surface area contributed by atoms with Crippen LogP contribution in [0.2, 0.25) is 72.5 Å². The van der Waals surface area contributed by atoms with Gasteiger partial charge in [0.25, 0.3) is 22.5 Å². The summed E-state index contributed by atoms with van der Waals surface area (Å²) in [4.78, 5) is 59.3. The first-order chi connectivity index (χ1) is 39.6. The maximum atomic E-state index is 14.9. The Morgan fingerprint density at radius 1 is 0.581 bits per heavy atom. The summed E-state index contributed by atoms with van der Waals surface area (Å²) in [7, 11) is -9.44. The highest BCUT2D eigenvalue weighted by atomic mass is 28.4. The molecule has 0 fully saturated rings. The minimum Gasteiger partial charge on any atom is -0.543 e. The van der Waals surface area contributed by atoms with Crippen molar-refractivity contribution in [3.63, 3.8) is 0 Å². The van der Waals surface area contributed by atoms with E-state index in [1.807, 2.05) is 49.4 Å². The number of rotatable bonds is 17. The second-order valence-corrected chi connectivity index (χ2v) is 49.0. The van der Waals surface area contributed by atoms with Gasteiger partial charge in [0, 0.05) is 44.2 Å². The van der Waals surface area contributed by atoms with Crippen LogP contribution in [-0.2, 0) is 36.0 Å². The van der Waals surface area contributed by atoms with Crippen LogP contribution < -0.4 is 14.2 Å². The predicted molar refractivity (Wildman–Crippen MR) is 365 cm³/mol. The zero-order valence-corrected chi connectivity index (χ0v) is 61.3. The summed E-state index contributed by atoms with van der Waals surface area (Å²) in [5, 5.41) is 2.45. The number of amides is 3. The van der Waals surface area contributed by atoms with Crippen LogP contribution >= 0.6 is 0 Å². The third-order valence-corrected chi connectivity index (χ3v) is 36.6. The molecule has 3 amide bonds. The average Bonchev–Trinajstić information content (AvgIpc) is 2.22. The normalized spacial score (nSPS) is 22.2. The smallest absolute Gasteiger partial charge is 0.342 e. The Morgan fingerprint density at radius 3 is 1.38 bits per heavy atom. The number of benzene rings is 2. The zero-order valence-electron chi connectivity index (χ0n) is 57.3. The van der Waals surface area contributed by atoms with Crippen molar-refractivity contribution in [1.29, 1.82) is 0 Å². The van der Waals surface area contributed by atoms with Crippen LogP contribution in [0.3, 0.4) is 0 Å². The highest BCUT2D eigenvalue weighted by Gasteiger charge is 2.45. The molecule has 12 nitrogen and oxygen atoms in total. The van der Waals surface area contributed by atoms with Gasteiger partial charge in [0.2, 0.25) is 0 Å². The van der Waals surface area contributed by atoms with Crippen LogP contribution in [0.25, 0.3) is 0 Å². The fraction of sp³-hybridized carbons (Fsp3) is 0.600. The van der Waals surface area contributed by atoms with Gasteiger partial charge in [0.05, 0.1) is 12.2 Å². The molecule has 0 saturated carbocycles. The number of ether oxygens (including phenoxy) is 2. The van der Waals surface area contributed by atoms with E-state index in [0.29, 0.717) is 48.3 Å². The van der Waals surface area contributed by atoms with Gasteiger partial charge in [-0.3, -0.25) is 4.79 Å². The number of nitrogens with zero attached hydrogens (tertiary/aromatic N) is 1. The van der Waals surface area contributed by atoms with E-state index in [1.165, 1.54) is 18.5 Å². The first-order valence-electron chi connectivity index (χ1n) is 31.6. The lowest BCUT2D eigenvalue weighted by Gasteiger charge is -2.41. The first-order valence-corrected chi connectivity index (χ1v) is 43.2. The Morgan fingerprint density at radius 2 is 0.988 bits per heavy atom. The largest absolute Gasteiger partial charge is 0.543 e. The van der Waals surface area contributed by atoms with E-state index in [2.05, 4.69) is 179 Å². The number of carbonyl (C=O) groups is 4. The van der Waals surface area contributed by atoms with Crippen molar-refractivity contribution in [3.8, 4) is 11.5 Å². The lowest BCUT2D eigenvalue weighted by Crippen LogP contribution is -2.46. The molecule has 1 N–H and O–H groups in total. The van der Waals surface area contributed by atoms with Crippen LogP contribution in [0.4, 0.5) is 4.79 Å². The van der Waals surface area contributed by atoms with Gasteiger partial charge in [-0.1, -0.05) is 183 Å². The molecule has 0 bridgehead atoms. The molecule has 2 aliphatic rings. The van der Waals surface area contributed by atoms with E-state index in [4.69, 9.17) is 27.2 Å². The van der Waals surface area contributed by atoms with Crippen LogP contribution in [0.5, 0.6) is 11.5 Å². The van der Waals surface area contributed by atoms with Crippen molar-refractivity contribution >= 4 is 57.1 Å². The number of hydrogen-bond acceptors (Lipinski definition) is 10. The molecule has 2 heterocycles. The molecular weight excluding hydrogens is 1140 g/mol. The third kappa shape index (κ3) is 20.9. The molecule has 2 aromatic carbocycles. The summed E-state index contributed by atoms with van der Waals surface area (Å²) in [6.07, 6.45) is 24.4. The van der Waals surface area contributed by atoms with E-state index < -0.39 is 69.4 Å². The molecular formula is C70H112N2O10Si4. The van der Waals surface area contributed by atoms with E-state index >= 15 is 0 Å². The second kappa shape index (κ2) is 30.6. The van der Waals surface area contributed by atoms with Gasteiger partial charge in [-0.15, -0.1) is 0 Å². The number of cyclic esters (lactones) is 2. The number of carbonyl (C=O) groups excluding carboxylic acids is 4. The van der Waals surface area contributed by atoms with E-state index in [1.54, 1.807) is 24.3 Å². The van der Waals surface area contributed by atoms with Gasteiger partial charge >= 0.3 is 18.0 Å². The molecule has 0 aromatic heterocycles. The molecule has 4 rings (SSSR count). The van der Waals surface area contributed by atoms with Crippen LogP contribution in [0, 0.1) is 11.8 Å². The monoisotopic (exact) mass is 1250 g/mol. The molecule has 0 radical (unpaired) electrons. The maximum absolute atomic E-state index is 14.9. The summed E-state index contributed by atoms with van der Waals surface area (Å²) < 4.78 is 41.4. The molecule has 0 aliphatic carbocycles. The van der Waals surface area contributed by atoms with Crippen molar-refractivity contribution in [3.05, 3.63) is 132 Å². The Hall–Kier alpha value is -4.85. The van der Waals surface area contributed by atoms with Crippen molar-refractivity contribution in [2.45, 2.75) is 259 Å². The first kappa shape index (κ1) is 73.6. The fourth-order valence-electron chi connectivity index (χ4n) is 8.97. The van der Waals surface area contributed by atoms with Crippen molar-refractivity contribution in [1.82, 2.24) is 10.2 Å². The Balaban J connectivity index is 1.77. The summed E-state index contributed by atoms with van der Waals surface area (Å²) in [5.41, 5.74) is 2.46. The lowest BCUT2D eigenvalue weighted by atomic mass is 9.93. The van der Waals surface area contributed by atoms with Crippen LogP contribution in [0.1, 0.15) is 181 Å². The molecule has 0 spiro atoms. The van der Waals surface area contributed by atoms with Crippen LogP contribution in [0.15, 0.2) is 110 Å². The highest BCUT2D eigenvalue weighted by Crippen LogP contribution is 2.44. The van der Waals surface area contributed by atoms with Crippen LogP contribution in [-0.4, -0.2) is 86.5 Å². The lowest BCUT2D eigenvalue weighted by molar-refractivity contribution is -0.121. The summed E-state index contributed by atoms with van der Waals surface area (Å²) in [6, 6.07) is 10.8. The average molecular weight is 1250 g/mol. The zero-order chi connectivity index (χ0) is 64.9. The van der Waals surface area contributed by atoms with Gasteiger partial charge in [-0.2, -0.15) is 0 Å². The van der Waals surface area contributed by atoms with E-state index in [-0.39, 0.29) is 57.0 Å². The van der Waals surface area contributed by atoms with Gasteiger partial charge in [-0.25, -0.2) is 19.3 Å². The molecule has 2 aliphatic heterocycles. The standard InChI is InChI=1S/C70H112N2O10Si4/c1-24-25-26-27-46-61(73)72(48-35-43-56-50-60(82-86(22,23)70(13,14)15)52(3)37-29-31-39-54-41-33-45-58(63(54)65(75)78-56)80-84(18,19)68(7,8)9)66(76)71-47-34-42-55-49-59(81-85(20,21)69(10,11)12)51(2)36-28-30-38-53-40-32-44-57(62(53)64(74)77-55)79-83(16,17)67(4,5)6/h25-35,40-41,44-48,51-52,55-56,59-60H,24,36-39,42-43,49-50H2,1-23H3,(H,71,76)/b26-25?,30-28+,31-29+,46-27-,47-34+,48-35+/t51-,52-,55-,56-,59-,60+/m0/s1. The van der Waals surface area contributed by atoms with Gasteiger partial charge in [0.1, 0.15) is 34.8 Å². The minimum absolute atomic E-state index is 0.0673. The van der Waals surface area contributed by atoms with Gasteiger partial charge < -0.3 is 32.5 Å². The number of nitrogens with one attached hydrogen (secondary N) is 1. The molecule has 2 aromatic rings. The SMILES string of the molecule is CCC=C/C=C\C(=O)N(/C=C/C[C@H]1C[C@@H](O[Si](C)(C)C(C)(C)C)[C@@H](C)C/C=C/Cc2cccc(O[Si](C)(C)C(C)(C)C)c2C(=O)O1)C(=O)N/C=C/C[C@H]1C[C@H](O[Si](C)(C)C(C)(C)C)[C@@H](C)C/C=C/Cc2cccc(O[Si](C)(C)C(C)(C)C)c2C(=O)O1. The Labute approximate surface area is 524 Å². The van der Waals surface area contributed by atoms with E-state index in [9.17, 15) is 19.2 Å². The number of allylic oxidation sites excluding steroid dienone is 7. The fourth-order valence-corrected chi connectivity index (χ4v) is 13.9. The highest BCUT2D eigenvalue weighted by molar-refractivity contribution is 6.75. The second-order valence-electron chi connectivity index (χ2n) is 30.1. The predicted octanol–water partition coefficient (Wildman–Crippen LogP) is 18.9. The molecule has 16 heteroatoms. The summed E-state index contributed by atoms with van der Waals surface area (Å²) in [5.74, 6) is -0.349. The third-order valence-electron chi connectivity index (χ3n) is 18.9. The number of hydrogen-bond donors (Lipinski definition) is 1. The topological polar surface area (TPSA) is 139 Å². The Kier molecular flexibility index (Phi) is 26.2. The van der Waals surface area contributed by atoms with Gasteiger partial charge in [-0.05, 0) is 140 Å². The van der Waals surface area contributed by atoms with Crippen molar-refractivity contribution < 1.29 is 46.4 Å². The molecule has 0 unspecified atom stereocenters. The minimum atomic E-state index is -2.41. The molecule has 478 valence electrons. The number of esters is 2. The van der Waals surface area contributed by atoms with Gasteiger partial charge in [0.15, 0.2) is 16.6 Å².